The first-order valence-corrected chi connectivity index (χ1v) is 17.5. The zero-order chi connectivity index (χ0) is 26.2. The molecule has 2 aliphatic rings. The molecule has 0 N–H and O–H groups in total. The molecule has 38 heavy (non-hydrogen) atoms. The van der Waals surface area contributed by atoms with E-state index in [1.165, 1.54) is 39.0 Å². The van der Waals surface area contributed by atoms with Crippen LogP contribution in [-0.4, -0.2) is 3.21 Å². The molecule has 1 heteroatoms. The van der Waals surface area contributed by atoms with E-state index in [0.29, 0.717) is 9.54 Å². The second-order valence-corrected chi connectivity index (χ2v) is 16.7. The Bertz CT molecular complexity index is 1570. The van der Waals surface area contributed by atoms with Crippen LogP contribution in [0.1, 0.15) is 59.1 Å². The van der Waals surface area contributed by atoms with E-state index in [2.05, 4.69) is 149 Å². The molecule has 2 atom stereocenters. The molecule has 0 bridgehead atoms. The summed E-state index contributed by atoms with van der Waals surface area (Å²) in [5.41, 5.74) is 13.0. The van der Waals surface area contributed by atoms with Crippen LogP contribution in [0.2, 0.25) is 0 Å². The third kappa shape index (κ3) is 4.32. The van der Waals surface area contributed by atoms with Crippen LogP contribution in [0.5, 0.6) is 0 Å². The predicted molar refractivity (Wildman–Crippen MR) is 159 cm³/mol. The minimum atomic E-state index is -2.67. The van der Waals surface area contributed by atoms with Crippen LogP contribution in [0.3, 0.4) is 0 Å². The van der Waals surface area contributed by atoms with Gasteiger partial charge in [0.25, 0.3) is 0 Å². The van der Waals surface area contributed by atoms with Crippen LogP contribution in [0, 0.1) is 5.92 Å². The Hall–Kier alpha value is -3.15. The van der Waals surface area contributed by atoms with Gasteiger partial charge in [0.05, 0.1) is 0 Å². The van der Waals surface area contributed by atoms with E-state index in [9.17, 15) is 0 Å². The van der Waals surface area contributed by atoms with Crippen molar-refractivity contribution < 1.29 is 21.3 Å². The van der Waals surface area contributed by atoms with E-state index in [1.807, 2.05) is 0 Å². The van der Waals surface area contributed by atoms with E-state index < -0.39 is 21.3 Å². The molecule has 0 aromatic heterocycles. The second kappa shape index (κ2) is 10.5. The zero-order valence-corrected chi connectivity index (χ0v) is 25.2. The molecule has 4 aromatic rings. The first-order valence-electron chi connectivity index (χ1n) is 13.7. The van der Waals surface area contributed by atoms with Crippen molar-refractivity contribution in [3.63, 3.8) is 0 Å². The molecule has 6 rings (SSSR count). The van der Waals surface area contributed by atoms with Crippen molar-refractivity contribution in [2.75, 3.05) is 0 Å². The molecule has 2 unspecified atom stereocenters. The van der Waals surface area contributed by atoms with E-state index in [0.717, 1.165) is 0 Å². The topological polar surface area (TPSA) is 0 Å². The second-order valence-electron chi connectivity index (χ2n) is 10.6. The van der Waals surface area contributed by atoms with Gasteiger partial charge in [0.15, 0.2) is 0 Å². The van der Waals surface area contributed by atoms with Crippen LogP contribution in [0.25, 0.3) is 5.57 Å². The van der Waals surface area contributed by atoms with Crippen molar-refractivity contribution in [3.8, 4) is 0 Å². The average Bonchev–Trinajstić information content (AvgIpc) is 3.44. The van der Waals surface area contributed by atoms with Crippen molar-refractivity contribution in [2.24, 2.45) is 5.92 Å². The van der Waals surface area contributed by atoms with Gasteiger partial charge in [0.1, 0.15) is 0 Å². The molecule has 4 aromatic carbocycles. The van der Waals surface area contributed by atoms with Crippen molar-refractivity contribution in [2.45, 2.75) is 31.3 Å². The maximum atomic E-state index is 2.65. The van der Waals surface area contributed by atoms with Crippen LogP contribution in [0.15, 0.2) is 141 Å². The van der Waals surface area contributed by atoms with Gasteiger partial charge in [-0.05, 0) is 0 Å². The fourth-order valence-electron chi connectivity index (χ4n) is 6.41. The third-order valence-electron chi connectivity index (χ3n) is 8.64. The van der Waals surface area contributed by atoms with Crippen molar-refractivity contribution >= 4 is 8.78 Å². The number of benzene rings is 4. The molecule has 0 saturated heterocycles. The molecule has 0 amide bonds. The average molecular weight is 570 g/mol. The summed E-state index contributed by atoms with van der Waals surface area (Å²) in [5.74, 6) is 0.494. The van der Waals surface area contributed by atoms with Gasteiger partial charge >= 0.3 is 236 Å². The number of fused-ring (bicyclic) bond motifs is 1. The van der Waals surface area contributed by atoms with Gasteiger partial charge in [-0.25, -0.2) is 0 Å². The summed E-state index contributed by atoms with van der Waals surface area (Å²) in [6.45, 7) is 9.55. The molecule has 0 saturated carbocycles. The Morgan fingerprint density at radius 2 is 1.13 bits per heavy atom. The molecule has 0 spiro atoms. The Morgan fingerprint density at radius 3 is 1.68 bits per heavy atom. The summed E-state index contributed by atoms with van der Waals surface area (Å²) < 4.78 is 3.81. The number of allylic oxidation sites excluding steroid dienone is 5. The van der Waals surface area contributed by atoms with E-state index >= 15 is 0 Å². The molecule has 0 heterocycles. The Balaban J connectivity index is 1.72. The van der Waals surface area contributed by atoms with Gasteiger partial charge in [0.2, 0.25) is 0 Å². The predicted octanol–water partition coefficient (Wildman–Crippen LogP) is 9.32. The fourth-order valence-corrected chi connectivity index (χ4v) is 16.3. The van der Waals surface area contributed by atoms with Crippen LogP contribution in [-0.2, 0) is 21.3 Å². The van der Waals surface area contributed by atoms with Crippen molar-refractivity contribution in [1.29, 1.82) is 0 Å². The molecule has 0 radical (unpaired) electrons. The van der Waals surface area contributed by atoms with E-state index in [-0.39, 0.29) is 0 Å². The summed E-state index contributed by atoms with van der Waals surface area (Å²) in [7, 11) is 0. The molecule has 2 aliphatic carbocycles. The van der Waals surface area contributed by atoms with E-state index in [4.69, 9.17) is 0 Å². The fraction of sp³-hybridized carbons (Fsp3) is 0.162. The number of hydrogen-bond donors (Lipinski definition) is 0. The maximum absolute atomic E-state index is 2.67. The molecule has 186 valence electrons. The van der Waals surface area contributed by atoms with Crippen LogP contribution >= 0.6 is 0 Å². The molecular weight excluding hydrogens is 536 g/mol. The SMILES string of the molecule is CC1=C(C)C(C)[C]([Zr](=[C](c2ccccc2)c2ccccc2)[CH]2C=C(c3ccccc3)c3ccccc32)=C1C. The minimum absolute atomic E-state index is 0.435. The zero-order valence-electron chi connectivity index (χ0n) is 22.7. The first-order chi connectivity index (χ1) is 18.6. The quantitative estimate of drug-likeness (QED) is 0.225. The third-order valence-corrected chi connectivity index (χ3v) is 17.5. The number of hydrogen-bond acceptors (Lipinski definition) is 0. The molecule has 0 fully saturated rings. The van der Waals surface area contributed by atoms with Gasteiger partial charge in [-0.1, -0.05) is 0 Å². The molecule has 0 aliphatic heterocycles. The Kier molecular flexibility index (Phi) is 6.98. The van der Waals surface area contributed by atoms with Crippen LogP contribution < -0.4 is 0 Å². The Labute approximate surface area is 235 Å². The first kappa shape index (κ1) is 25.1. The van der Waals surface area contributed by atoms with Gasteiger partial charge in [-0.2, -0.15) is 0 Å². The van der Waals surface area contributed by atoms with Gasteiger partial charge in [0, 0.05) is 0 Å². The monoisotopic (exact) mass is 568 g/mol. The molecular formula is C37H34Zr. The summed E-state index contributed by atoms with van der Waals surface area (Å²) in [6, 6.07) is 42.7. The van der Waals surface area contributed by atoms with Gasteiger partial charge in [-0.3, -0.25) is 0 Å². The van der Waals surface area contributed by atoms with Crippen molar-refractivity contribution in [3.05, 3.63) is 169 Å². The van der Waals surface area contributed by atoms with Gasteiger partial charge < -0.3 is 0 Å². The summed E-state index contributed by atoms with van der Waals surface area (Å²) in [4.78, 5) is 0. The summed E-state index contributed by atoms with van der Waals surface area (Å²) >= 11 is -2.67. The standard InChI is InChI=1S/C15H11.C13H10.C9H13.Zr/c1-2-6-12(7-3-1)15-11-10-13-8-4-5-9-14(13)15;1-3-7-12(8-4-1)11-13-9-5-2-6-10-13;1-6-5-7(2)9(4)8(6)3;/h1-11H;1-10H;6H,1-4H3;. The summed E-state index contributed by atoms with van der Waals surface area (Å²) in [5, 5.41) is 0. The molecule has 0 nitrogen and oxygen atoms in total. The Morgan fingerprint density at radius 1 is 0.605 bits per heavy atom. The normalized spacial score (nSPS) is 18.5. The van der Waals surface area contributed by atoms with E-state index in [1.54, 1.807) is 17.6 Å². The van der Waals surface area contributed by atoms with Gasteiger partial charge in [-0.15, -0.1) is 0 Å². The van der Waals surface area contributed by atoms with Crippen molar-refractivity contribution in [1.82, 2.24) is 0 Å². The number of rotatable bonds is 5. The van der Waals surface area contributed by atoms with Crippen LogP contribution in [0.4, 0.5) is 0 Å². The summed E-state index contributed by atoms with van der Waals surface area (Å²) in [6.07, 6.45) is 2.65.